The molecule has 0 aliphatic heterocycles. The second kappa shape index (κ2) is 6.99. The second-order valence-corrected chi connectivity index (χ2v) is 6.41. The quantitative estimate of drug-likeness (QED) is 0.608. The number of aromatic nitrogens is 4. The van der Waals surface area contributed by atoms with Crippen LogP contribution in [-0.2, 0) is 6.54 Å². The van der Waals surface area contributed by atoms with E-state index >= 15 is 0 Å². The Kier molecular flexibility index (Phi) is 4.38. The standard InChI is InChI=1S/C21H19N5O/c1-14-7-3-4-8-16(14)13-23-21(27)17-9-5-11-19(15(17)2)26-20-18(24-25-26)10-6-12-22-20/h3-12H,13H2,1-2H3,(H,23,27). The van der Waals surface area contributed by atoms with Crippen molar-refractivity contribution in [3.05, 3.63) is 83.0 Å². The summed E-state index contributed by atoms with van der Waals surface area (Å²) in [6, 6.07) is 17.3. The minimum atomic E-state index is -0.116. The molecule has 2 heterocycles. The molecule has 1 amide bonds. The van der Waals surface area contributed by atoms with Gasteiger partial charge in [0.1, 0.15) is 5.52 Å². The van der Waals surface area contributed by atoms with E-state index in [9.17, 15) is 4.79 Å². The minimum absolute atomic E-state index is 0.116. The predicted octanol–water partition coefficient (Wildman–Crippen LogP) is 3.36. The Morgan fingerprint density at radius 2 is 1.89 bits per heavy atom. The molecule has 2 aromatic carbocycles. The van der Waals surface area contributed by atoms with Crippen LogP contribution in [0.1, 0.15) is 27.0 Å². The summed E-state index contributed by atoms with van der Waals surface area (Å²) in [6.07, 6.45) is 1.70. The maximum Gasteiger partial charge on any atom is 0.251 e. The first-order valence-corrected chi connectivity index (χ1v) is 8.74. The molecule has 0 saturated carbocycles. The molecule has 0 spiro atoms. The number of amides is 1. The molecule has 4 aromatic rings. The highest BCUT2D eigenvalue weighted by atomic mass is 16.1. The summed E-state index contributed by atoms with van der Waals surface area (Å²) in [7, 11) is 0. The van der Waals surface area contributed by atoms with Crippen molar-refractivity contribution in [3.8, 4) is 5.69 Å². The third kappa shape index (κ3) is 3.17. The van der Waals surface area contributed by atoms with Crippen LogP contribution in [0.15, 0.2) is 60.8 Å². The summed E-state index contributed by atoms with van der Waals surface area (Å²) >= 11 is 0. The van der Waals surface area contributed by atoms with E-state index < -0.39 is 0 Å². The first kappa shape index (κ1) is 16.9. The number of nitrogens with zero attached hydrogens (tertiary/aromatic N) is 4. The van der Waals surface area contributed by atoms with Gasteiger partial charge >= 0.3 is 0 Å². The molecule has 0 atom stereocenters. The SMILES string of the molecule is Cc1ccccc1CNC(=O)c1cccc(-n2nnc3cccnc32)c1C. The predicted molar refractivity (Wildman–Crippen MR) is 104 cm³/mol. The van der Waals surface area contributed by atoms with E-state index in [-0.39, 0.29) is 5.91 Å². The smallest absolute Gasteiger partial charge is 0.251 e. The van der Waals surface area contributed by atoms with Crippen molar-refractivity contribution in [1.29, 1.82) is 0 Å². The number of aryl methyl sites for hydroxylation is 1. The first-order chi connectivity index (χ1) is 13.1. The van der Waals surface area contributed by atoms with Crippen LogP contribution in [0.25, 0.3) is 16.9 Å². The van der Waals surface area contributed by atoms with E-state index in [0.29, 0.717) is 23.3 Å². The highest BCUT2D eigenvalue weighted by Crippen LogP contribution is 2.21. The number of carbonyl (C=O) groups excluding carboxylic acids is 1. The van der Waals surface area contributed by atoms with E-state index in [0.717, 1.165) is 22.4 Å². The highest BCUT2D eigenvalue weighted by molar-refractivity contribution is 5.96. The average molecular weight is 357 g/mol. The number of benzene rings is 2. The lowest BCUT2D eigenvalue weighted by atomic mass is 10.1. The van der Waals surface area contributed by atoms with Crippen molar-refractivity contribution < 1.29 is 4.79 Å². The van der Waals surface area contributed by atoms with Gasteiger partial charge in [-0.1, -0.05) is 35.5 Å². The second-order valence-electron chi connectivity index (χ2n) is 6.41. The molecule has 4 rings (SSSR count). The van der Waals surface area contributed by atoms with E-state index in [4.69, 9.17) is 0 Å². The summed E-state index contributed by atoms with van der Waals surface area (Å²) in [6.45, 7) is 4.44. The van der Waals surface area contributed by atoms with Gasteiger partial charge in [-0.15, -0.1) is 5.10 Å². The normalized spacial score (nSPS) is 10.9. The van der Waals surface area contributed by atoms with Crippen molar-refractivity contribution in [2.45, 2.75) is 20.4 Å². The Labute approximate surface area is 156 Å². The van der Waals surface area contributed by atoms with Crippen LogP contribution in [0.3, 0.4) is 0 Å². The van der Waals surface area contributed by atoms with Gasteiger partial charge in [0.15, 0.2) is 5.65 Å². The largest absolute Gasteiger partial charge is 0.348 e. The average Bonchev–Trinajstić information content (AvgIpc) is 3.11. The van der Waals surface area contributed by atoms with E-state index in [1.165, 1.54) is 0 Å². The third-order valence-electron chi connectivity index (χ3n) is 4.69. The molecule has 0 radical (unpaired) electrons. The molecule has 6 nitrogen and oxygen atoms in total. The van der Waals surface area contributed by atoms with Gasteiger partial charge in [-0.2, -0.15) is 4.68 Å². The summed E-state index contributed by atoms with van der Waals surface area (Å²) < 4.78 is 1.67. The van der Waals surface area contributed by atoms with Crippen LogP contribution in [-0.4, -0.2) is 25.9 Å². The van der Waals surface area contributed by atoms with Crippen LogP contribution in [0.2, 0.25) is 0 Å². The molecule has 0 unspecified atom stereocenters. The zero-order valence-electron chi connectivity index (χ0n) is 15.2. The number of nitrogens with one attached hydrogen (secondary N) is 1. The van der Waals surface area contributed by atoms with Crippen molar-refractivity contribution >= 4 is 17.1 Å². The third-order valence-corrected chi connectivity index (χ3v) is 4.69. The van der Waals surface area contributed by atoms with E-state index in [2.05, 4.69) is 20.6 Å². The zero-order valence-corrected chi connectivity index (χ0v) is 15.2. The van der Waals surface area contributed by atoms with Gasteiger partial charge in [0.05, 0.1) is 5.69 Å². The Bertz CT molecular complexity index is 1130. The monoisotopic (exact) mass is 357 g/mol. The number of carbonyl (C=O) groups is 1. The fraction of sp³-hybridized carbons (Fsp3) is 0.143. The first-order valence-electron chi connectivity index (χ1n) is 8.74. The summed E-state index contributed by atoms with van der Waals surface area (Å²) in [4.78, 5) is 17.1. The minimum Gasteiger partial charge on any atom is -0.348 e. The number of fused-ring (bicyclic) bond motifs is 1. The lowest BCUT2D eigenvalue weighted by Gasteiger charge is -2.12. The van der Waals surface area contributed by atoms with Crippen LogP contribution < -0.4 is 5.32 Å². The fourth-order valence-electron chi connectivity index (χ4n) is 3.11. The lowest BCUT2D eigenvalue weighted by Crippen LogP contribution is -2.24. The molecule has 0 saturated heterocycles. The van der Waals surface area contributed by atoms with Gasteiger partial charge in [0, 0.05) is 18.3 Å². The van der Waals surface area contributed by atoms with Crippen molar-refractivity contribution in [3.63, 3.8) is 0 Å². The summed E-state index contributed by atoms with van der Waals surface area (Å²) in [5, 5.41) is 11.4. The molecule has 2 aromatic heterocycles. The van der Waals surface area contributed by atoms with Gasteiger partial charge in [-0.05, 0) is 54.8 Å². The van der Waals surface area contributed by atoms with Crippen molar-refractivity contribution in [2.75, 3.05) is 0 Å². The van der Waals surface area contributed by atoms with Crippen LogP contribution in [0, 0.1) is 13.8 Å². The maximum absolute atomic E-state index is 12.8. The van der Waals surface area contributed by atoms with Gasteiger partial charge < -0.3 is 5.32 Å². The van der Waals surface area contributed by atoms with E-state index in [1.54, 1.807) is 10.9 Å². The van der Waals surface area contributed by atoms with Gasteiger partial charge in [0.25, 0.3) is 5.91 Å². The van der Waals surface area contributed by atoms with Gasteiger partial charge in [-0.3, -0.25) is 4.79 Å². The molecule has 0 aliphatic carbocycles. The molecule has 134 valence electrons. The molecule has 6 heteroatoms. The number of rotatable bonds is 4. The Morgan fingerprint density at radius 1 is 1.04 bits per heavy atom. The summed E-state index contributed by atoms with van der Waals surface area (Å²) in [5.74, 6) is -0.116. The molecular weight excluding hydrogens is 338 g/mol. The van der Waals surface area contributed by atoms with Crippen LogP contribution in [0.4, 0.5) is 0 Å². The molecule has 0 aliphatic rings. The van der Waals surface area contributed by atoms with Gasteiger partial charge in [0.2, 0.25) is 0 Å². The maximum atomic E-state index is 12.8. The molecule has 0 bridgehead atoms. The Balaban J connectivity index is 1.64. The van der Waals surface area contributed by atoms with Crippen molar-refractivity contribution in [1.82, 2.24) is 25.3 Å². The topological polar surface area (TPSA) is 72.7 Å². The molecule has 1 N–H and O–H groups in total. The van der Waals surface area contributed by atoms with E-state index in [1.807, 2.05) is 68.4 Å². The van der Waals surface area contributed by atoms with Crippen LogP contribution >= 0.6 is 0 Å². The number of hydrogen-bond donors (Lipinski definition) is 1. The summed E-state index contributed by atoms with van der Waals surface area (Å²) in [5.41, 5.74) is 5.87. The van der Waals surface area contributed by atoms with Crippen LogP contribution in [0.5, 0.6) is 0 Å². The number of hydrogen-bond acceptors (Lipinski definition) is 4. The fourth-order valence-corrected chi connectivity index (χ4v) is 3.11. The molecular formula is C21H19N5O. The number of pyridine rings is 1. The van der Waals surface area contributed by atoms with Gasteiger partial charge in [-0.25, -0.2) is 4.98 Å². The van der Waals surface area contributed by atoms with Crippen molar-refractivity contribution in [2.24, 2.45) is 0 Å². The molecule has 27 heavy (non-hydrogen) atoms. The Morgan fingerprint density at radius 3 is 2.74 bits per heavy atom. The lowest BCUT2D eigenvalue weighted by molar-refractivity contribution is 0.0950. The zero-order chi connectivity index (χ0) is 18.8. The molecule has 0 fully saturated rings. The Hall–Kier alpha value is -3.54. The highest BCUT2D eigenvalue weighted by Gasteiger charge is 2.15.